The molecule has 2 saturated heterocycles. The number of hydrogen-bond acceptors (Lipinski definition) is 3. The fourth-order valence-corrected chi connectivity index (χ4v) is 4.39. The van der Waals surface area contributed by atoms with E-state index in [4.69, 9.17) is 0 Å². The third kappa shape index (κ3) is 5.06. The van der Waals surface area contributed by atoms with Crippen molar-refractivity contribution in [2.45, 2.75) is 73.3 Å². The highest BCUT2D eigenvalue weighted by Gasteiger charge is 2.39. The van der Waals surface area contributed by atoms with Crippen LogP contribution in [0.1, 0.15) is 67.7 Å². The number of likely N-dealkylation sites (tertiary alicyclic amines) is 2. The van der Waals surface area contributed by atoms with Crippen LogP contribution in [0.15, 0.2) is 0 Å². The van der Waals surface area contributed by atoms with E-state index in [9.17, 15) is 9.59 Å². The molecule has 0 radical (unpaired) electrons. The molecule has 2 heterocycles. The van der Waals surface area contributed by atoms with E-state index >= 15 is 0 Å². The Hall–Kier alpha value is -0.900. The molecular weight excluding hydrogens is 312 g/mol. The number of rotatable bonds is 2. The molecule has 4 heteroatoms. The first kappa shape index (κ1) is 20.4. The van der Waals surface area contributed by atoms with Gasteiger partial charge in [0.15, 0.2) is 0 Å². The lowest BCUT2D eigenvalue weighted by Gasteiger charge is -2.43. The zero-order valence-corrected chi connectivity index (χ0v) is 17.4. The summed E-state index contributed by atoms with van der Waals surface area (Å²) in [6, 6.07) is 0. The maximum Gasteiger partial charge on any atom is 0.225 e. The van der Waals surface area contributed by atoms with Gasteiger partial charge in [0.25, 0.3) is 0 Å². The van der Waals surface area contributed by atoms with E-state index in [1.165, 1.54) is 0 Å². The first-order valence-corrected chi connectivity index (χ1v) is 9.97. The molecule has 4 nitrogen and oxygen atoms in total. The van der Waals surface area contributed by atoms with Crippen LogP contribution in [0.25, 0.3) is 0 Å². The smallest absolute Gasteiger partial charge is 0.225 e. The number of nitrogens with zero attached hydrogens (tertiary/aromatic N) is 2. The first-order chi connectivity index (χ1) is 11.4. The Morgan fingerprint density at radius 3 is 1.92 bits per heavy atom. The summed E-state index contributed by atoms with van der Waals surface area (Å²) >= 11 is 0. The summed E-state index contributed by atoms with van der Waals surface area (Å²) in [5, 5.41) is 0. The summed E-state index contributed by atoms with van der Waals surface area (Å²) < 4.78 is 0. The Labute approximate surface area is 154 Å². The lowest BCUT2D eigenvalue weighted by Crippen LogP contribution is -2.52. The van der Waals surface area contributed by atoms with E-state index in [2.05, 4.69) is 32.6 Å². The van der Waals surface area contributed by atoms with Gasteiger partial charge in [-0.05, 0) is 59.0 Å². The van der Waals surface area contributed by atoms with Crippen LogP contribution in [0, 0.1) is 23.2 Å². The number of hydrogen-bond donors (Lipinski definition) is 0. The lowest BCUT2D eigenvalue weighted by atomic mass is 9.77. The van der Waals surface area contributed by atoms with E-state index < -0.39 is 0 Å². The number of carbonyl (C=O) groups excluding carboxylic acids is 2. The highest BCUT2D eigenvalue weighted by Crippen LogP contribution is 2.31. The molecule has 2 atom stereocenters. The van der Waals surface area contributed by atoms with Gasteiger partial charge in [-0.15, -0.1) is 0 Å². The number of amides is 1. The molecule has 2 aliphatic heterocycles. The molecule has 144 valence electrons. The summed E-state index contributed by atoms with van der Waals surface area (Å²) in [4.78, 5) is 30.3. The van der Waals surface area contributed by atoms with Gasteiger partial charge in [0.2, 0.25) is 5.91 Å². The number of piperidine rings is 2. The Balaban J connectivity index is 1.98. The van der Waals surface area contributed by atoms with E-state index in [0.717, 1.165) is 38.9 Å². The van der Waals surface area contributed by atoms with Crippen LogP contribution >= 0.6 is 0 Å². The normalized spacial score (nSPS) is 27.4. The zero-order chi connectivity index (χ0) is 19.0. The SMILES string of the molecule is CC1CC(C(=O)C(C)(C)C)CN(C(=O)C2CCN(C(C)(C)C)CC2)C1. The maximum absolute atomic E-state index is 13.1. The maximum atomic E-state index is 13.1. The Morgan fingerprint density at radius 1 is 0.880 bits per heavy atom. The van der Waals surface area contributed by atoms with E-state index in [0.29, 0.717) is 18.2 Å². The lowest BCUT2D eigenvalue weighted by molar-refractivity contribution is -0.143. The first-order valence-electron chi connectivity index (χ1n) is 9.97. The molecule has 2 rings (SSSR count). The molecule has 0 spiro atoms. The third-order valence-electron chi connectivity index (χ3n) is 5.87. The average Bonchev–Trinajstić information content (AvgIpc) is 2.51. The van der Waals surface area contributed by atoms with Crippen molar-refractivity contribution in [1.29, 1.82) is 0 Å². The van der Waals surface area contributed by atoms with Gasteiger partial charge in [0, 0.05) is 35.9 Å². The molecule has 0 aromatic rings. The predicted molar refractivity (Wildman–Crippen MR) is 102 cm³/mol. The predicted octanol–water partition coefficient (Wildman–Crippen LogP) is 3.60. The standard InChI is InChI=1S/C21H38N2O2/c1-15-12-17(18(24)20(2,3)4)14-22(13-15)19(25)16-8-10-23(11-9-16)21(5,6)7/h15-17H,8-14H2,1-7H3. The fourth-order valence-electron chi connectivity index (χ4n) is 4.39. The largest absolute Gasteiger partial charge is 0.341 e. The van der Waals surface area contributed by atoms with Crippen molar-refractivity contribution in [3.8, 4) is 0 Å². The molecule has 0 saturated carbocycles. The summed E-state index contributed by atoms with van der Waals surface area (Å²) in [5.41, 5.74) is -0.146. The molecule has 25 heavy (non-hydrogen) atoms. The molecule has 2 aliphatic rings. The van der Waals surface area contributed by atoms with Crippen LogP contribution in [0.5, 0.6) is 0 Å². The number of carbonyl (C=O) groups is 2. The second-order valence-electron chi connectivity index (χ2n) is 10.3. The minimum absolute atomic E-state index is 0.00219. The van der Waals surface area contributed by atoms with Crippen LogP contribution in [0.3, 0.4) is 0 Å². The van der Waals surface area contributed by atoms with Crippen molar-refractivity contribution in [3.63, 3.8) is 0 Å². The van der Waals surface area contributed by atoms with Gasteiger partial charge in [-0.2, -0.15) is 0 Å². The summed E-state index contributed by atoms with van der Waals surface area (Å²) in [7, 11) is 0. The van der Waals surface area contributed by atoms with Gasteiger partial charge >= 0.3 is 0 Å². The highest BCUT2D eigenvalue weighted by atomic mass is 16.2. The number of ketones is 1. The van der Waals surface area contributed by atoms with Crippen LogP contribution in [-0.4, -0.2) is 53.2 Å². The molecule has 2 fully saturated rings. The second-order valence-corrected chi connectivity index (χ2v) is 10.3. The molecule has 0 bridgehead atoms. The molecule has 0 N–H and O–H groups in total. The van der Waals surface area contributed by atoms with Gasteiger partial charge in [-0.3, -0.25) is 14.5 Å². The van der Waals surface area contributed by atoms with Crippen molar-refractivity contribution in [1.82, 2.24) is 9.80 Å². The van der Waals surface area contributed by atoms with Crippen LogP contribution in [0.4, 0.5) is 0 Å². The van der Waals surface area contributed by atoms with E-state index in [1.807, 2.05) is 25.7 Å². The summed E-state index contributed by atoms with van der Waals surface area (Å²) in [6.07, 6.45) is 2.81. The molecule has 0 aliphatic carbocycles. The molecule has 1 amide bonds. The quantitative estimate of drug-likeness (QED) is 0.764. The van der Waals surface area contributed by atoms with Crippen molar-refractivity contribution in [2.75, 3.05) is 26.2 Å². The molecule has 2 unspecified atom stereocenters. The minimum atomic E-state index is -0.325. The van der Waals surface area contributed by atoms with Crippen LogP contribution in [0.2, 0.25) is 0 Å². The molecule has 0 aromatic heterocycles. The van der Waals surface area contributed by atoms with Gasteiger partial charge in [0.1, 0.15) is 5.78 Å². The minimum Gasteiger partial charge on any atom is -0.341 e. The van der Waals surface area contributed by atoms with Crippen LogP contribution in [-0.2, 0) is 9.59 Å². The van der Waals surface area contributed by atoms with Crippen molar-refractivity contribution in [3.05, 3.63) is 0 Å². The topological polar surface area (TPSA) is 40.6 Å². The Kier molecular flexibility index (Phi) is 6.03. The monoisotopic (exact) mass is 350 g/mol. The average molecular weight is 351 g/mol. The van der Waals surface area contributed by atoms with Crippen molar-refractivity contribution < 1.29 is 9.59 Å². The van der Waals surface area contributed by atoms with Crippen molar-refractivity contribution in [2.24, 2.45) is 23.2 Å². The van der Waals surface area contributed by atoms with Gasteiger partial charge < -0.3 is 4.90 Å². The summed E-state index contributed by atoms with van der Waals surface area (Å²) in [6.45, 7) is 18.3. The molecular formula is C21H38N2O2. The highest BCUT2D eigenvalue weighted by molar-refractivity contribution is 5.87. The van der Waals surface area contributed by atoms with E-state index in [-0.39, 0.29) is 28.7 Å². The Morgan fingerprint density at radius 2 is 1.44 bits per heavy atom. The van der Waals surface area contributed by atoms with E-state index in [1.54, 1.807) is 0 Å². The van der Waals surface area contributed by atoms with Gasteiger partial charge in [0.05, 0.1) is 0 Å². The van der Waals surface area contributed by atoms with Gasteiger partial charge in [-0.1, -0.05) is 27.7 Å². The summed E-state index contributed by atoms with van der Waals surface area (Å²) in [5.74, 6) is 1.13. The Bertz CT molecular complexity index is 493. The third-order valence-corrected chi connectivity index (χ3v) is 5.87. The molecule has 0 aromatic carbocycles. The van der Waals surface area contributed by atoms with Crippen molar-refractivity contribution >= 4 is 11.7 Å². The van der Waals surface area contributed by atoms with Crippen LogP contribution < -0.4 is 0 Å². The number of Topliss-reactive ketones (excluding diaryl/α,β-unsaturated/α-hetero) is 1. The zero-order valence-electron chi connectivity index (χ0n) is 17.4. The van der Waals surface area contributed by atoms with Gasteiger partial charge in [-0.25, -0.2) is 0 Å². The fraction of sp³-hybridized carbons (Fsp3) is 0.905. The second kappa shape index (κ2) is 7.38.